The van der Waals surface area contributed by atoms with E-state index in [1.807, 2.05) is 20.2 Å². The molecule has 0 aliphatic rings. The van der Waals surface area contributed by atoms with E-state index in [-0.39, 0.29) is 24.6 Å². The number of anilines is 1. The maximum absolute atomic E-state index is 12.1. The number of rotatable bonds is 7. The Balaban J connectivity index is 1.55. The predicted octanol–water partition coefficient (Wildman–Crippen LogP) is 0.897. The van der Waals surface area contributed by atoms with Crippen molar-refractivity contribution < 1.29 is 14.7 Å². The highest BCUT2D eigenvalue weighted by atomic mass is 16.4. The zero-order valence-electron chi connectivity index (χ0n) is 14.5. The van der Waals surface area contributed by atoms with Gasteiger partial charge in [-0.2, -0.15) is 15.3 Å². The fraction of sp³-hybridized carbons (Fsp3) is 0.312. The number of nitrogens with one attached hydrogen (secondary N) is 1. The summed E-state index contributed by atoms with van der Waals surface area (Å²) in [5, 5.41) is 24.2. The third-order valence-corrected chi connectivity index (χ3v) is 3.85. The first-order valence-electron chi connectivity index (χ1n) is 7.99. The summed E-state index contributed by atoms with van der Waals surface area (Å²) in [6, 6.07) is 1.39. The molecule has 0 aliphatic heterocycles. The van der Waals surface area contributed by atoms with E-state index in [4.69, 9.17) is 5.11 Å². The van der Waals surface area contributed by atoms with Gasteiger partial charge in [0.1, 0.15) is 5.69 Å². The summed E-state index contributed by atoms with van der Waals surface area (Å²) in [6.45, 7) is 2.68. The van der Waals surface area contributed by atoms with Crippen molar-refractivity contribution in [2.45, 2.75) is 26.4 Å². The molecule has 0 saturated heterocycles. The number of hydrogen-bond donors (Lipinski definition) is 2. The molecule has 0 unspecified atom stereocenters. The molecular formula is C16H19N7O3. The van der Waals surface area contributed by atoms with Crippen LogP contribution in [0.1, 0.15) is 28.2 Å². The van der Waals surface area contributed by atoms with Gasteiger partial charge in [-0.15, -0.1) is 0 Å². The second-order valence-corrected chi connectivity index (χ2v) is 5.88. The smallest absolute Gasteiger partial charge is 0.354 e. The van der Waals surface area contributed by atoms with Crippen LogP contribution in [0.15, 0.2) is 30.9 Å². The number of aromatic nitrogens is 6. The van der Waals surface area contributed by atoms with E-state index in [2.05, 4.69) is 20.6 Å². The molecule has 0 fully saturated rings. The lowest BCUT2D eigenvalue weighted by molar-refractivity contribution is -0.116. The Labute approximate surface area is 149 Å². The van der Waals surface area contributed by atoms with Gasteiger partial charge in [0, 0.05) is 37.6 Å². The molecule has 1 amide bonds. The van der Waals surface area contributed by atoms with Crippen molar-refractivity contribution in [1.29, 1.82) is 0 Å². The van der Waals surface area contributed by atoms with Crippen LogP contribution >= 0.6 is 0 Å². The Kier molecular flexibility index (Phi) is 4.83. The van der Waals surface area contributed by atoms with E-state index in [1.165, 1.54) is 16.9 Å². The molecule has 3 rings (SSSR count). The van der Waals surface area contributed by atoms with Crippen LogP contribution in [-0.2, 0) is 24.9 Å². The summed E-state index contributed by atoms with van der Waals surface area (Å²) in [7, 11) is 1.86. The maximum Gasteiger partial charge on any atom is 0.354 e. The Morgan fingerprint density at radius 2 is 2.08 bits per heavy atom. The lowest BCUT2D eigenvalue weighted by atomic mass is 10.3. The van der Waals surface area contributed by atoms with Crippen LogP contribution in [0.2, 0.25) is 0 Å². The van der Waals surface area contributed by atoms with Gasteiger partial charge in [-0.25, -0.2) is 4.79 Å². The zero-order chi connectivity index (χ0) is 18.7. The molecule has 3 aromatic rings. The predicted molar refractivity (Wildman–Crippen MR) is 91.7 cm³/mol. The summed E-state index contributed by atoms with van der Waals surface area (Å²) in [5.74, 6) is -1.32. The third-order valence-electron chi connectivity index (χ3n) is 3.85. The van der Waals surface area contributed by atoms with Crippen LogP contribution in [0, 0.1) is 6.92 Å². The van der Waals surface area contributed by atoms with Crippen molar-refractivity contribution in [2.75, 3.05) is 5.32 Å². The minimum atomic E-state index is -1.07. The highest BCUT2D eigenvalue weighted by Gasteiger charge is 2.12. The maximum atomic E-state index is 12.1. The molecule has 2 N–H and O–H groups in total. The van der Waals surface area contributed by atoms with E-state index in [1.54, 1.807) is 21.8 Å². The molecule has 3 heterocycles. The molecule has 0 saturated carbocycles. The van der Waals surface area contributed by atoms with Gasteiger partial charge in [0.25, 0.3) is 0 Å². The molecule has 0 spiro atoms. The number of carbonyl (C=O) groups is 2. The molecule has 0 aliphatic carbocycles. The van der Waals surface area contributed by atoms with Gasteiger partial charge in [0.15, 0.2) is 0 Å². The van der Waals surface area contributed by atoms with Crippen molar-refractivity contribution in [3.05, 3.63) is 47.8 Å². The van der Waals surface area contributed by atoms with Crippen LogP contribution in [0.25, 0.3) is 0 Å². The SMILES string of the molecule is Cc1nn(C)cc1Cn1cc(NC(=O)CCn2nccc2C(=O)O)cn1. The molecule has 0 bridgehead atoms. The van der Waals surface area contributed by atoms with E-state index >= 15 is 0 Å². The summed E-state index contributed by atoms with van der Waals surface area (Å²) >= 11 is 0. The summed E-state index contributed by atoms with van der Waals surface area (Å²) < 4.78 is 4.75. The van der Waals surface area contributed by atoms with Crippen LogP contribution in [0.3, 0.4) is 0 Å². The molecule has 0 atom stereocenters. The van der Waals surface area contributed by atoms with Crippen molar-refractivity contribution in [3.63, 3.8) is 0 Å². The van der Waals surface area contributed by atoms with Gasteiger partial charge in [-0.05, 0) is 13.0 Å². The second kappa shape index (κ2) is 7.21. The van der Waals surface area contributed by atoms with Gasteiger partial charge in [0.05, 0.1) is 30.7 Å². The average molecular weight is 357 g/mol. The monoisotopic (exact) mass is 357 g/mol. The number of carboxylic acid groups (broad SMARTS) is 1. The van der Waals surface area contributed by atoms with E-state index in [9.17, 15) is 9.59 Å². The Morgan fingerprint density at radius 1 is 1.27 bits per heavy atom. The van der Waals surface area contributed by atoms with Crippen LogP contribution in [0.5, 0.6) is 0 Å². The van der Waals surface area contributed by atoms with Crippen molar-refractivity contribution in [2.24, 2.45) is 7.05 Å². The first kappa shape index (κ1) is 17.4. The quantitative estimate of drug-likeness (QED) is 0.648. The van der Waals surface area contributed by atoms with Gasteiger partial charge in [0.2, 0.25) is 5.91 Å². The highest BCUT2D eigenvalue weighted by Crippen LogP contribution is 2.11. The number of hydrogen-bond acceptors (Lipinski definition) is 5. The first-order chi connectivity index (χ1) is 12.4. The Bertz CT molecular complexity index is 937. The normalized spacial score (nSPS) is 10.8. The van der Waals surface area contributed by atoms with E-state index < -0.39 is 5.97 Å². The number of carbonyl (C=O) groups excluding carboxylic acids is 1. The molecule has 0 radical (unpaired) electrons. The molecular weight excluding hydrogens is 338 g/mol. The average Bonchev–Trinajstić information content (AvgIpc) is 3.27. The van der Waals surface area contributed by atoms with E-state index in [0.29, 0.717) is 12.2 Å². The largest absolute Gasteiger partial charge is 0.477 e. The molecule has 3 aromatic heterocycles. The first-order valence-corrected chi connectivity index (χ1v) is 7.99. The van der Waals surface area contributed by atoms with Gasteiger partial charge in [-0.3, -0.25) is 18.8 Å². The van der Waals surface area contributed by atoms with Crippen molar-refractivity contribution in [3.8, 4) is 0 Å². The highest BCUT2D eigenvalue weighted by molar-refractivity contribution is 5.90. The molecule has 10 nitrogen and oxygen atoms in total. The van der Waals surface area contributed by atoms with E-state index in [0.717, 1.165) is 11.3 Å². The van der Waals surface area contributed by atoms with Gasteiger partial charge in [-0.1, -0.05) is 0 Å². The number of carboxylic acids is 1. The minimum Gasteiger partial charge on any atom is -0.477 e. The van der Waals surface area contributed by atoms with Gasteiger partial charge < -0.3 is 10.4 Å². The fourth-order valence-corrected chi connectivity index (χ4v) is 2.62. The summed E-state index contributed by atoms with van der Waals surface area (Å²) in [5.41, 5.74) is 2.61. The van der Waals surface area contributed by atoms with Crippen LogP contribution in [0.4, 0.5) is 5.69 Å². The summed E-state index contributed by atoms with van der Waals surface area (Å²) in [4.78, 5) is 23.1. The lowest BCUT2D eigenvalue weighted by Crippen LogP contribution is -2.17. The van der Waals surface area contributed by atoms with Crippen molar-refractivity contribution in [1.82, 2.24) is 29.3 Å². The second-order valence-electron chi connectivity index (χ2n) is 5.88. The lowest BCUT2D eigenvalue weighted by Gasteiger charge is -2.05. The minimum absolute atomic E-state index is 0.0532. The molecule has 136 valence electrons. The number of amides is 1. The molecule has 26 heavy (non-hydrogen) atoms. The number of aromatic carboxylic acids is 1. The zero-order valence-corrected chi connectivity index (χ0v) is 14.5. The standard InChI is InChI=1S/C16H19N7O3/c1-11-12(8-21(2)20-11)9-22-10-13(7-18-22)19-15(24)4-6-23-14(16(25)26)3-5-17-23/h3,5,7-8,10H,4,6,9H2,1-2H3,(H,19,24)(H,25,26). The Morgan fingerprint density at radius 3 is 2.77 bits per heavy atom. The van der Waals surface area contributed by atoms with Crippen molar-refractivity contribution >= 4 is 17.6 Å². The van der Waals surface area contributed by atoms with Gasteiger partial charge >= 0.3 is 5.97 Å². The van der Waals surface area contributed by atoms with Crippen LogP contribution in [-0.4, -0.2) is 46.3 Å². The van der Waals surface area contributed by atoms with Crippen LogP contribution < -0.4 is 5.32 Å². The fourth-order valence-electron chi connectivity index (χ4n) is 2.62. The molecule has 0 aromatic carbocycles. The molecule has 10 heteroatoms. The number of aryl methyl sites for hydroxylation is 3. The third kappa shape index (κ3) is 3.97. The number of nitrogens with zero attached hydrogens (tertiary/aromatic N) is 6. The summed E-state index contributed by atoms with van der Waals surface area (Å²) in [6.07, 6.45) is 6.74. The topological polar surface area (TPSA) is 120 Å². The Hall–Kier alpha value is -3.43.